The second kappa shape index (κ2) is 5.01. The first kappa shape index (κ1) is 15.1. The van der Waals surface area contributed by atoms with E-state index in [1.807, 2.05) is 19.9 Å². The number of hydrogen-bond acceptors (Lipinski definition) is 5. The van der Waals surface area contributed by atoms with Crippen LogP contribution in [0.5, 0.6) is 0 Å². The number of hydrogen-bond donors (Lipinski definition) is 0. The molecule has 4 rings (SSSR count). The van der Waals surface area contributed by atoms with Gasteiger partial charge in [-0.25, -0.2) is 4.68 Å². The van der Waals surface area contributed by atoms with E-state index in [-0.39, 0.29) is 5.88 Å². The number of ether oxygens (including phenoxy) is 1. The number of aromatic nitrogens is 3. The van der Waals surface area contributed by atoms with Crippen LogP contribution in [0.2, 0.25) is 0 Å². The third-order valence-corrected chi connectivity index (χ3v) is 4.64. The van der Waals surface area contributed by atoms with Crippen LogP contribution in [0.4, 0.5) is 0 Å². The molecule has 1 aromatic heterocycles. The zero-order valence-corrected chi connectivity index (χ0v) is 13.9. The van der Waals surface area contributed by atoms with Gasteiger partial charge >= 0.3 is 0 Å². The Balaban J connectivity index is 1.94. The maximum atomic E-state index is 12.7. The topological polar surface area (TPSA) is 74.1 Å². The van der Waals surface area contributed by atoms with Gasteiger partial charge in [-0.1, -0.05) is 29.5 Å². The van der Waals surface area contributed by atoms with Crippen LogP contribution in [0.15, 0.2) is 36.0 Å². The lowest BCUT2D eigenvalue weighted by molar-refractivity contribution is -0.112. The summed E-state index contributed by atoms with van der Waals surface area (Å²) in [6, 6.07) is 6.44. The van der Waals surface area contributed by atoms with Gasteiger partial charge in [-0.15, -0.1) is 16.7 Å². The molecule has 0 N–H and O–H groups in total. The van der Waals surface area contributed by atoms with Gasteiger partial charge in [-0.05, 0) is 13.8 Å². The number of nitrogens with zero attached hydrogens (tertiary/aromatic N) is 3. The summed E-state index contributed by atoms with van der Waals surface area (Å²) in [6.45, 7) is 3.72. The SMILES string of the molecule is CC1(C)OC2=C(C(=O)C(=O)c3ccccc32)C1n1cc(CCl)nn1. The Hall–Kier alpha value is -2.47. The Bertz CT molecular complexity index is 913. The van der Waals surface area contributed by atoms with Gasteiger partial charge in [-0.2, -0.15) is 0 Å². The molecule has 1 atom stereocenters. The van der Waals surface area contributed by atoms with Crippen LogP contribution in [-0.4, -0.2) is 32.2 Å². The van der Waals surface area contributed by atoms with Crippen LogP contribution < -0.4 is 0 Å². The zero-order chi connectivity index (χ0) is 17.1. The van der Waals surface area contributed by atoms with E-state index in [1.54, 1.807) is 29.1 Å². The van der Waals surface area contributed by atoms with Crippen molar-refractivity contribution in [2.75, 3.05) is 0 Å². The predicted molar refractivity (Wildman–Crippen MR) is 86.5 cm³/mol. The number of halogens is 1. The summed E-state index contributed by atoms with van der Waals surface area (Å²) in [5.74, 6) is -0.404. The van der Waals surface area contributed by atoms with Crippen molar-refractivity contribution in [3.63, 3.8) is 0 Å². The van der Waals surface area contributed by atoms with Crippen molar-refractivity contribution in [1.82, 2.24) is 15.0 Å². The fourth-order valence-electron chi connectivity index (χ4n) is 3.35. The van der Waals surface area contributed by atoms with Crippen LogP contribution >= 0.6 is 11.6 Å². The van der Waals surface area contributed by atoms with Crippen LogP contribution in [-0.2, 0) is 15.4 Å². The second-order valence-electron chi connectivity index (χ2n) is 6.38. The number of Topliss-reactive ketones (excluding diaryl/α,β-unsaturated/α-hetero) is 2. The molecule has 122 valence electrons. The van der Waals surface area contributed by atoms with E-state index >= 15 is 0 Å². The number of fused-ring (bicyclic) bond motifs is 2. The number of alkyl halides is 1. The van der Waals surface area contributed by atoms with Crippen molar-refractivity contribution in [1.29, 1.82) is 0 Å². The van der Waals surface area contributed by atoms with Gasteiger partial charge in [0.2, 0.25) is 11.6 Å². The molecular formula is C17H14ClN3O3. The minimum atomic E-state index is -0.755. The van der Waals surface area contributed by atoms with Crippen LogP contribution in [0.25, 0.3) is 5.76 Å². The van der Waals surface area contributed by atoms with Crippen LogP contribution in [0, 0.1) is 0 Å². The highest BCUT2D eigenvalue weighted by Crippen LogP contribution is 2.49. The highest BCUT2D eigenvalue weighted by atomic mass is 35.5. The molecule has 0 saturated carbocycles. The van der Waals surface area contributed by atoms with Gasteiger partial charge in [0, 0.05) is 11.1 Å². The summed E-state index contributed by atoms with van der Waals surface area (Å²) in [6.07, 6.45) is 1.68. The van der Waals surface area contributed by atoms with Crippen molar-refractivity contribution >= 4 is 28.9 Å². The average molecular weight is 344 g/mol. The molecule has 1 aromatic carbocycles. The summed E-state index contributed by atoms with van der Waals surface area (Å²) < 4.78 is 7.65. The Labute approximate surface area is 143 Å². The molecule has 2 aromatic rings. The smallest absolute Gasteiger partial charge is 0.235 e. The van der Waals surface area contributed by atoms with E-state index < -0.39 is 23.2 Å². The molecule has 0 amide bonds. The molecule has 0 fully saturated rings. The van der Waals surface area contributed by atoms with Gasteiger partial charge in [0.1, 0.15) is 17.4 Å². The summed E-state index contributed by atoms with van der Waals surface area (Å²) in [5.41, 5.74) is 1.18. The monoisotopic (exact) mass is 343 g/mol. The maximum absolute atomic E-state index is 12.7. The van der Waals surface area contributed by atoms with Crippen molar-refractivity contribution in [2.24, 2.45) is 0 Å². The molecule has 2 heterocycles. The third-order valence-electron chi connectivity index (χ3n) is 4.37. The fraction of sp³-hybridized carbons (Fsp3) is 0.294. The van der Waals surface area contributed by atoms with Gasteiger partial charge in [0.25, 0.3) is 0 Å². The molecule has 0 bridgehead atoms. The van der Waals surface area contributed by atoms with Gasteiger partial charge in [0.05, 0.1) is 23.3 Å². The lowest BCUT2D eigenvalue weighted by Gasteiger charge is -2.27. The first-order valence-electron chi connectivity index (χ1n) is 7.52. The highest BCUT2D eigenvalue weighted by molar-refractivity contribution is 6.52. The number of benzene rings is 1. The minimum Gasteiger partial charge on any atom is -0.484 e. The molecule has 1 aliphatic heterocycles. The number of ketones is 2. The molecule has 2 aliphatic rings. The summed E-state index contributed by atoms with van der Waals surface area (Å²) in [5, 5.41) is 8.05. The molecule has 0 saturated heterocycles. The van der Waals surface area contributed by atoms with E-state index in [2.05, 4.69) is 10.3 Å². The molecule has 7 heteroatoms. The predicted octanol–water partition coefficient (Wildman–Crippen LogP) is 2.54. The van der Waals surface area contributed by atoms with Gasteiger partial charge in [-0.3, -0.25) is 9.59 Å². The Morgan fingerprint density at radius 1 is 1.21 bits per heavy atom. The third kappa shape index (κ3) is 1.96. The number of carbonyl (C=O) groups excluding carboxylic acids is 2. The zero-order valence-electron chi connectivity index (χ0n) is 13.1. The fourth-order valence-corrected chi connectivity index (χ4v) is 3.47. The minimum absolute atomic E-state index is 0.218. The summed E-state index contributed by atoms with van der Waals surface area (Å²) in [7, 11) is 0. The summed E-state index contributed by atoms with van der Waals surface area (Å²) >= 11 is 5.79. The molecular weight excluding hydrogens is 330 g/mol. The van der Waals surface area contributed by atoms with Crippen LogP contribution in [0.3, 0.4) is 0 Å². The normalized spacial score (nSPS) is 21.5. The standard InChI is InChI=1S/C17H14ClN3O3/c1-17(2)16(21-8-9(7-18)19-20-21)12-14(23)13(22)10-5-3-4-6-11(10)15(12)24-17/h3-6,8,16H,7H2,1-2H3. The molecule has 1 unspecified atom stereocenters. The van der Waals surface area contributed by atoms with E-state index in [4.69, 9.17) is 16.3 Å². The van der Waals surface area contributed by atoms with Gasteiger partial charge < -0.3 is 4.74 Å². The Morgan fingerprint density at radius 3 is 2.58 bits per heavy atom. The lowest BCUT2D eigenvalue weighted by atomic mass is 9.83. The quantitative estimate of drug-likeness (QED) is 0.619. The summed E-state index contributed by atoms with van der Waals surface area (Å²) in [4.78, 5) is 25.2. The number of carbonyl (C=O) groups is 2. The molecule has 6 nitrogen and oxygen atoms in total. The van der Waals surface area contributed by atoms with Crippen molar-refractivity contribution in [3.8, 4) is 0 Å². The Kier molecular flexibility index (Phi) is 3.15. The second-order valence-corrected chi connectivity index (χ2v) is 6.65. The van der Waals surface area contributed by atoms with Crippen molar-refractivity contribution in [3.05, 3.63) is 52.9 Å². The van der Waals surface area contributed by atoms with E-state index in [0.717, 1.165) is 0 Å². The van der Waals surface area contributed by atoms with E-state index in [9.17, 15) is 9.59 Å². The average Bonchev–Trinajstić information content (AvgIpc) is 3.13. The molecule has 0 spiro atoms. The van der Waals surface area contributed by atoms with Crippen molar-refractivity contribution < 1.29 is 14.3 Å². The molecule has 24 heavy (non-hydrogen) atoms. The van der Waals surface area contributed by atoms with E-state index in [0.29, 0.717) is 28.2 Å². The molecule has 1 aliphatic carbocycles. The number of rotatable bonds is 2. The first-order chi connectivity index (χ1) is 11.4. The van der Waals surface area contributed by atoms with E-state index in [1.165, 1.54) is 0 Å². The molecule has 0 radical (unpaired) electrons. The first-order valence-corrected chi connectivity index (χ1v) is 8.06. The largest absolute Gasteiger partial charge is 0.484 e. The highest BCUT2D eigenvalue weighted by Gasteiger charge is 2.52. The van der Waals surface area contributed by atoms with Crippen molar-refractivity contribution in [2.45, 2.75) is 31.4 Å². The lowest BCUT2D eigenvalue weighted by Crippen LogP contribution is -2.35. The maximum Gasteiger partial charge on any atom is 0.235 e. The van der Waals surface area contributed by atoms with Crippen LogP contribution in [0.1, 0.15) is 41.5 Å². The van der Waals surface area contributed by atoms with Gasteiger partial charge in [0.15, 0.2) is 0 Å². The Morgan fingerprint density at radius 2 is 1.92 bits per heavy atom.